The van der Waals surface area contributed by atoms with Gasteiger partial charge in [0.2, 0.25) is 11.8 Å². The Morgan fingerprint density at radius 1 is 1.26 bits per heavy atom. The molecule has 1 fully saturated rings. The molecule has 0 aromatic carbocycles. The number of nitrogens with zero attached hydrogens (tertiary/aromatic N) is 3. The molecular weight excluding hydrogens is 510 g/mol. The molecule has 9 nitrogen and oxygen atoms in total. The molecule has 1 aliphatic rings. The van der Waals surface area contributed by atoms with E-state index in [-0.39, 0.29) is 10.3 Å². The summed E-state index contributed by atoms with van der Waals surface area (Å²) in [5.41, 5.74) is 1.64. The molecule has 0 unspecified atom stereocenters. The van der Waals surface area contributed by atoms with Crippen LogP contribution in [0.15, 0.2) is 39.2 Å². The number of hydrogen-bond donors (Lipinski definition) is 2. The largest absolute Gasteiger partial charge is 0.441 e. The number of hydrogen-bond acceptors (Lipinski definition) is 9. The number of aromatic nitrogens is 2. The number of halogens is 1. The number of carbonyl (C=O) groups is 1. The second kappa shape index (κ2) is 10.5. The Labute approximate surface area is 214 Å². The number of rotatable bonds is 8. The van der Waals surface area contributed by atoms with Crippen molar-refractivity contribution in [2.45, 2.75) is 50.3 Å². The number of sulfonamides is 1. The van der Waals surface area contributed by atoms with Crippen molar-refractivity contribution in [3.63, 3.8) is 0 Å². The Kier molecular flexibility index (Phi) is 7.67. The Balaban J connectivity index is 1.45. The van der Waals surface area contributed by atoms with Gasteiger partial charge in [0.25, 0.3) is 10.0 Å². The van der Waals surface area contributed by atoms with Crippen LogP contribution in [0.4, 0.5) is 11.5 Å². The van der Waals surface area contributed by atoms with E-state index in [2.05, 4.69) is 33.8 Å². The number of piperidine rings is 1. The number of aryl methyl sites for hydroxylation is 1. The van der Waals surface area contributed by atoms with Crippen molar-refractivity contribution in [3.05, 3.63) is 40.7 Å². The molecule has 35 heavy (non-hydrogen) atoms. The second-order valence-corrected chi connectivity index (χ2v) is 12.3. The summed E-state index contributed by atoms with van der Waals surface area (Å²) < 4.78 is 33.3. The number of carbonyl (C=O) groups excluding carboxylic acids is 1. The van der Waals surface area contributed by atoms with Gasteiger partial charge in [0, 0.05) is 37.7 Å². The van der Waals surface area contributed by atoms with E-state index in [0.717, 1.165) is 40.6 Å². The van der Waals surface area contributed by atoms with E-state index >= 15 is 0 Å². The number of amides is 1. The zero-order valence-corrected chi connectivity index (χ0v) is 22.1. The Morgan fingerprint density at radius 3 is 2.60 bits per heavy atom. The molecule has 2 N–H and O–H groups in total. The van der Waals surface area contributed by atoms with Gasteiger partial charge in [-0.25, -0.2) is 23.1 Å². The van der Waals surface area contributed by atoms with Crippen LogP contribution in [0.25, 0.3) is 11.5 Å². The number of thiophene rings is 1. The van der Waals surface area contributed by atoms with Crippen molar-refractivity contribution in [1.29, 1.82) is 0 Å². The molecule has 0 atom stereocenters. The van der Waals surface area contributed by atoms with Gasteiger partial charge in [0.1, 0.15) is 9.97 Å². The molecule has 188 valence electrons. The molecule has 1 aliphatic heterocycles. The van der Waals surface area contributed by atoms with E-state index in [1.54, 1.807) is 12.4 Å². The number of nitrogens with one attached hydrogen (secondary N) is 2. The summed E-state index contributed by atoms with van der Waals surface area (Å²) in [6.45, 7) is 7.25. The average Bonchev–Trinajstić information content (AvgIpc) is 3.48. The van der Waals surface area contributed by atoms with Crippen LogP contribution < -0.4 is 14.9 Å². The van der Waals surface area contributed by atoms with Gasteiger partial charge in [0.05, 0.1) is 21.8 Å². The second-order valence-electron chi connectivity index (χ2n) is 8.67. The lowest BCUT2D eigenvalue weighted by molar-refractivity contribution is -0.123. The molecule has 1 saturated heterocycles. The third-order valence-corrected chi connectivity index (χ3v) is 8.74. The lowest BCUT2D eigenvalue weighted by Crippen LogP contribution is -2.42. The fraction of sp³-hybridized carbons (Fsp3) is 0.435. The van der Waals surface area contributed by atoms with E-state index in [1.807, 2.05) is 13.0 Å². The van der Waals surface area contributed by atoms with Gasteiger partial charge in [-0.05, 0) is 44.9 Å². The third-order valence-electron chi connectivity index (χ3n) is 5.67. The van der Waals surface area contributed by atoms with Crippen molar-refractivity contribution >= 4 is 50.4 Å². The van der Waals surface area contributed by atoms with E-state index in [4.69, 9.17) is 21.0 Å². The first-order valence-electron chi connectivity index (χ1n) is 11.4. The highest BCUT2D eigenvalue weighted by molar-refractivity contribution is 7.92. The minimum Gasteiger partial charge on any atom is -0.441 e. The standard InChI is InChI=1S/C23H28ClN5O4S2/c1-4-17-13-26-23(33-17)16-11-18(27-14(2)3)21(25-12-16)29-9-7-15(8-10-29)22(30)28-35(31,32)20-6-5-19(24)34-20/h5-6,11-15,27H,4,7-10H2,1-3H3,(H,28,30). The molecular formula is C23H28ClN5O4S2. The van der Waals surface area contributed by atoms with E-state index in [1.165, 1.54) is 12.1 Å². The molecule has 0 bridgehead atoms. The minimum absolute atomic E-state index is 0.0269. The summed E-state index contributed by atoms with van der Waals surface area (Å²) in [6.07, 6.45) is 5.25. The van der Waals surface area contributed by atoms with Crippen LogP contribution in [0.3, 0.4) is 0 Å². The smallest absolute Gasteiger partial charge is 0.273 e. The van der Waals surface area contributed by atoms with Gasteiger partial charge >= 0.3 is 0 Å². The van der Waals surface area contributed by atoms with Gasteiger partial charge < -0.3 is 14.6 Å². The van der Waals surface area contributed by atoms with Crippen molar-refractivity contribution in [2.75, 3.05) is 23.3 Å². The highest BCUT2D eigenvalue weighted by Gasteiger charge is 2.30. The van der Waals surface area contributed by atoms with Gasteiger partial charge in [-0.3, -0.25) is 4.79 Å². The lowest BCUT2D eigenvalue weighted by Gasteiger charge is -2.33. The van der Waals surface area contributed by atoms with Crippen molar-refractivity contribution in [3.8, 4) is 11.5 Å². The van der Waals surface area contributed by atoms with Crippen LogP contribution in [-0.4, -0.2) is 43.4 Å². The molecule has 12 heteroatoms. The summed E-state index contributed by atoms with van der Waals surface area (Å²) in [4.78, 5) is 23.9. The summed E-state index contributed by atoms with van der Waals surface area (Å²) in [6, 6.07) is 5.05. The zero-order valence-electron chi connectivity index (χ0n) is 19.7. The lowest BCUT2D eigenvalue weighted by atomic mass is 9.96. The van der Waals surface area contributed by atoms with E-state index in [0.29, 0.717) is 36.2 Å². The van der Waals surface area contributed by atoms with E-state index in [9.17, 15) is 13.2 Å². The summed E-state index contributed by atoms with van der Waals surface area (Å²) >= 11 is 6.76. The van der Waals surface area contributed by atoms with Crippen LogP contribution in [0.2, 0.25) is 4.34 Å². The van der Waals surface area contributed by atoms with Crippen molar-refractivity contribution in [1.82, 2.24) is 14.7 Å². The SMILES string of the molecule is CCc1cnc(-c2cnc(N3CCC(C(=O)NS(=O)(=O)c4ccc(Cl)s4)CC3)c(NC(C)C)c2)o1. The molecule has 4 heterocycles. The molecule has 0 radical (unpaired) electrons. The maximum Gasteiger partial charge on any atom is 0.273 e. The first-order chi connectivity index (χ1) is 16.7. The predicted molar refractivity (Wildman–Crippen MR) is 137 cm³/mol. The van der Waals surface area contributed by atoms with Gasteiger partial charge in [-0.2, -0.15) is 0 Å². The molecule has 0 saturated carbocycles. The first-order valence-corrected chi connectivity index (χ1v) is 14.1. The fourth-order valence-corrected chi connectivity index (χ4v) is 6.44. The zero-order chi connectivity index (χ0) is 25.2. The average molecular weight is 538 g/mol. The monoisotopic (exact) mass is 537 g/mol. The van der Waals surface area contributed by atoms with E-state index < -0.39 is 21.8 Å². The Bertz CT molecular complexity index is 1300. The highest BCUT2D eigenvalue weighted by atomic mass is 35.5. The molecule has 0 aliphatic carbocycles. The highest BCUT2D eigenvalue weighted by Crippen LogP contribution is 2.33. The van der Waals surface area contributed by atoms with Gasteiger partial charge in [-0.1, -0.05) is 18.5 Å². The maximum absolute atomic E-state index is 12.7. The fourth-order valence-electron chi connectivity index (χ4n) is 3.91. The summed E-state index contributed by atoms with van der Waals surface area (Å²) in [5, 5.41) is 3.44. The van der Waals surface area contributed by atoms with Crippen molar-refractivity contribution in [2.24, 2.45) is 5.92 Å². The molecule has 4 rings (SSSR count). The minimum atomic E-state index is -3.92. The molecule has 3 aromatic rings. The van der Waals surface area contributed by atoms with Crippen LogP contribution in [0, 0.1) is 5.92 Å². The van der Waals surface area contributed by atoms with Gasteiger partial charge in [0.15, 0.2) is 5.82 Å². The van der Waals surface area contributed by atoms with Crippen molar-refractivity contribution < 1.29 is 17.6 Å². The van der Waals surface area contributed by atoms with Crippen LogP contribution in [0.5, 0.6) is 0 Å². The summed E-state index contributed by atoms with van der Waals surface area (Å²) in [7, 11) is -3.92. The van der Waals surface area contributed by atoms with Crippen LogP contribution in [-0.2, 0) is 21.2 Å². The molecule has 1 amide bonds. The topological polar surface area (TPSA) is 117 Å². The Hall–Kier alpha value is -2.63. The number of oxazole rings is 1. The molecule has 0 spiro atoms. The van der Waals surface area contributed by atoms with Crippen LogP contribution in [0.1, 0.15) is 39.4 Å². The molecule has 3 aromatic heterocycles. The van der Waals surface area contributed by atoms with Gasteiger partial charge in [-0.15, -0.1) is 11.3 Å². The quantitative estimate of drug-likeness (QED) is 0.429. The third kappa shape index (κ3) is 5.96. The number of pyridine rings is 1. The maximum atomic E-state index is 12.7. The Morgan fingerprint density at radius 2 is 2.00 bits per heavy atom. The first kappa shape index (κ1) is 25.5. The predicted octanol–water partition coefficient (Wildman–Crippen LogP) is 4.56. The number of anilines is 2. The normalized spacial score (nSPS) is 14.9. The van der Waals surface area contributed by atoms with Crippen LogP contribution >= 0.6 is 22.9 Å². The summed E-state index contributed by atoms with van der Waals surface area (Å²) in [5.74, 6) is 1.22.